The molecular formula is C9H17NO2. The number of aliphatic imine (C=N–C) groups is 1. The second-order valence-electron chi connectivity index (χ2n) is 2.94. The van der Waals surface area contributed by atoms with Crippen LogP contribution in [0.3, 0.4) is 0 Å². The quantitative estimate of drug-likeness (QED) is 0.490. The fourth-order valence-corrected chi connectivity index (χ4v) is 1.19. The predicted molar refractivity (Wildman–Crippen MR) is 47.4 cm³/mol. The summed E-state index contributed by atoms with van der Waals surface area (Å²) in [5.41, 5.74) is 0. The van der Waals surface area contributed by atoms with Crippen LogP contribution in [0.4, 0.5) is 0 Å². The first-order valence-electron chi connectivity index (χ1n) is 4.51. The van der Waals surface area contributed by atoms with Crippen molar-refractivity contribution in [1.82, 2.24) is 0 Å². The number of hydrogen-bond acceptors (Lipinski definition) is 3. The van der Waals surface area contributed by atoms with E-state index in [2.05, 4.69) is 11.9 Å². The van der Waals surface area contributed by atoms with Gasteiger partial charge in [0, 0.05) is 5.92 Å². The third-order valence-corrected chi connectivity index (χ3v) is 2.06. The van der Waals surface area contributed by atoms with Gasteiger partial charge in [-0.2, -0.15) is 4.99 Å². The summed E-state index contributed by atoms with van der Waals surface area (Å²) >= 11 is 0. The molecule has 3 nitrogen and oxygen atoms in total. The van der Waals surface area contributed by atoms with Gasteiger partial charge in [-0.05, 0) is 12.8 Å². The Kier molecular flexibility index (Phi) is 6.63. The zero-order valence-electron chi connectivity index (χ0n) is 7.79. The molecule has 0 aliphatic heterocycles. The van der Waals surface area contributed by atoms with Crippen LogP contribution in [0.15, 0.2) is 4.99 Å². The number of unbranched alkanes of at least 4 members (excludes halogenated alkanes) is 1. The second kappa shape index (κ2) is 7.01. The Morgan fingerprint density at radius 2 is 2.17 bits per heavy atom. The maximum Gasteiger partial charge on any atom is 0.237 e. The lowest BCUT2D eigenvalue weighted by molar-refractivity contribution is 0.107. The third-order valence-electron chi connectivity index (χ3n) is 2.06. The van der Waals surface area contributed by atoms with Crippen LogP contribution in [-0.4, -0.2) is 17.4 Å². The molecule has 0 aliphatic carbocycles. The van der Waals surface area contributed by atoms with Crippen molar-refractivity contribution in [3.8, 4) is 0 Å². The minimum atomic E-state index is -0.848. The van der Waals surface area contributed by atoms with Crippen molar-refractivity contribution in [1.29, 1.82) is 0 Å². The average molecular weight is 171 g/mol. The van der Waals surface area contributed by atoms with Crippen LogP contribution in [0.2, 0.25) is 0 Å². The second-order valence-corrected chi connectivity index (χ2v) is 2.94. The molecule has 0 amide bonds. The SMILES string of the molecule is CCCCC(CC)C(O)N=C=O. The third kappa shape index (κ3) is 4.27. The van der Waals surface area contributed by atoms with Gasteiger partial charge in [0.25, 0.3) is 0 Å². The molecule has 0 radical (unpaired) electrons. The van der Waals surface area contributed by atoms with Crippen molar-refractivity contribution in [3.05, 3.63) is 0 Å². The van der Waals surface area contributed by atoms with Crippen LogP contribution in [0, 0.1) is 5.92 Å². The van der Waals surface area contributed by atoms with Gasteiger partial charge >= 0.3 is 0 Å². The molecule has 0 fully saturated rings. The van der Waals surface area contributed by atoms with E-state index in [1.165, 1.54) is 6.08 Å². The molecule has 2 atom stereocenters. The number of carbonyl (C=O) groups excluding carboxylic acids is 1. The topological polar surface area (TPSA) is 49.7 Å². The van der Waals surface area contributed by atoms with Crippen molar-refractivity contribution in [3.63, 3.8) is 0 Å². The van der Waals surface area contributed by atoms with E-state index in [0.29, 0.717) is 0 Å². The van der Waals surface area contributed by atoms with Gasteiger partial charge in [0.05, 0.1) is 0 Å². The fourth-order valence-electron chi connectivity index (χ4n) is 1.19. The lowest BCUT2D eigenvalue weighted by atomic mass is 9.98. The summed E-state index contributed by atoms with van der Waals surface area (Å²) in [4.78, 5) is 13.2. The highest BCUT2D eigenvalue weighted by atomic mass is 16.3. The molecule has 0 aromatic heterocycles. The molecule has 70 valence electrons. The normalized spacial score (nSPS) is 14.9. The van der Waals surface area contributed by atoms with E-state index >= 15 is 0 Å². The van der Waals surface area contributed by atoms with E-state index in [-0.39, 0.29) is 5.92 Å². The van der Waals surface area contributed by atoms with Crippen molar-refractivity contribution in [2.75, 3.05) is 0 Å². The molecule has 0 heterocycles. The molecule has 0 rings (SSSR count). The monoisotopic (exact) mass is 171 g/mol. The Hall–Kier alpha value is -0.660. The van der Waals surface area contributed by atoms with Crippen molar-refractivity contribution < 1.29 is 9.90 Å². The summed E-state index contributed by atoms with van der Waals surface area (Å²) in [5.74, 6) is 0.117. The van der Waals surface area contributed by atoms with E-state index in [1.807, 2.05) is 6.92 Å². The Morgan fingerprint density at radius 3 is 2.58 bits per heavy atom. The molecule has 0 aliphatic rings. The molecule has 0 bridgehead atoms. The first-order chi connectivity index (χ1) is 5.76. The molecule has 12 heavy (non-hydrogen) atoms. The molecule has 1 N–H and O–H groups in total. The number of aliphatic hydroxyl groups is 1. The van der Waals surface area contributed by atoms with Crippen LogP contribution < -0.4 is 0 Å². The van der Waals surface area contributed by atoms with Gasteiger partial charge in [0.2, 0.25) is 6.08 Å². The maximum atomic E-state index is 9.86. The Labute approximate surface area is 73.5 Å². The van der Waals surface area contributed by atoms with Crippen LogP contribution >= 0.6 is 0 Å². The number of hydrogen-bond donors (Lipinski definition) is 1. The Bertz CT molecular complexity index is 153. The predicted octanol–water partition coefficient (Wildman–Crippen LogP) is 1.86. The highest BCUT2D eigenvalue weighted by Crippen LogP contribution is 2.17. The van der Waals surface area contributed by atoms with Crippen LogP contribution in [0.5, 0.6) is 0 Å². The van der Waals surface area contributed by atoms with Gasteiger partial charge in [0.15, 0.2) is 6.23 Å². The van der Waals surface area contributed by atoms with Gasteiger partial charge in [-0.15, -0.1) is 0 Å². The summed E-state index contributed by atoms with van der Waals surface area (Å²) in [6, 6.07) is 0. The maximum absolute atomic E-state index is 9.86. The summed E-state index contributed by atoms with van der Waals surface area (Å²) in [6.07, 6.45) is 4.50. The zero-order valence-corrected chi connectivity index (χ0v) is 7.79. The van der Waals surface area contributed by atoms with Gasteiger partial charge in [-0.1, -0.05) is 26.7 Å². The lowest BCUT2D eigenvalue weighted by Crippen LogP contribution is -2.17. The molecular weight excluding hydrogens is 154 g/mol. The molecule has 0 saturated carbocycles. The smallest absolute Gasteiger partial charge is 0.237 e. The molecule has 0 aromatic rings. The van der Waals surface area contributed by atoms with E-state index in [1.54, 1.807) is 0 Å². The van der Waals surface area contributed by atoms with E-state index in [4.69, 9.17) is 0 Å². The Morgan fingerprint density at radius 1 is 1.50 bits per heavy atom. The van der Waals surface area contributed by atoms with E-state index in [0.717, 1.165) is 25.7 Å². The molecule has 0 aromatic carbocycles. The average Bonchev–Trinajstić information content (AvgIpc) is 2.06. The highest BCUT2D eigenvalue weighted by molar-refractivity contribution is 5.33. The van der Waals surface area contributed by atoms with Crippen molar-refractivity contribution >= 4 is 6.08 Å². The van der Waals surface area contributed by atoms with Gasteiger partial charge in [-0.25, -0.2) is 4.79 Å². The van der Waals surface area contributed by atoms with Crippen molar-refractivity contribution in [2.24, 2.45) is 10.9 Å². The van der Waals surface area contributed by atoms with E-state index in [9.17, 15) is 9.90 Å². The van der Waals surface area contributed by atoms with Gasteiger partial charge in [-0.3, -0.25) is 0 Å². The lowest BCUT2D eigenvalue weighted by Gasteiger charge is -2.15. The number of aliphatic hydroxyl groups excluding tert-OH is 1. The van der Waals surface area contributed by atoms with Crippen molar-refractivity contribution in [2.45, 2.75) is 45.8 Å². The van der Waals surface area contributed by atoms with Gasteiger partial charge in [0.1, 0.15) is 0 Å². The zero-order chi connectivity index (χ0) is 9.40. The number of nitrogens with zero attached hydrogens (tertiary/aromatic N) is 1. The summed E-state index contributed by atoms with van der Waals surface area (Å²) < 4.78 is 0. The number of isocyanates is 1. The summed E-state index contributed by atoms with van der Waals surface area (Å²) in [6.45, 7) is 4.09. The highest BCUT2D eigenvalue weighted by Gasteiger charge is 2.15. The first-order valence-corrected chi connectivity index (χ1v) is 4.51. The fraction of sp³-hybridized carbons (Fsp3) is 0.889. The van der Waals surface area contributed by atoms with E-state index < -0.39 is 6.23 Å². The molecule has 0 saturated heterocycles. The van der Waals surface area contributed by atoms with Crippen LogP contribution in [0.1, 0.15) is 39.5 Å². The van der Waals surface area contributed by atoms with Gasteiger partial charge < -0.3 is 5.11 Å². The first kappa shape index (κ1) is 11.3. The number of rotatable bonds is 6. The minimum absolute atomic E-state index is 0.117. The summed E-state index contributed by atoms with van der Waals surface area (Å²) in [5, 5.41) is 9.31. The summed E-state index contributed by atoms with van der Waals surface area (Å²) in [7, 11) is 0. The molecule has 3 heteroatoms. The molecule has 2 unspecified atom stereocenters. The Balaban J connectivity index is 3.86. The standard InChI is InChI=1S/C9H17NO2/c1-3-5-6-8(4-2)9(12)10-7-11/h8-9,12H,3-6H2,1-2H3. The van der Waals surface area contributed by atoms with Crippen LogP contribution in [-0.2, 0) is 4.79 Å². The minimum Gasteiger partial charge on any atom is -0.371 e. The largest absolute Gasteiger partial charge is 0.371 e. The van der Waals surface area contributed by atoms with Crippen LogP contribution in [0.25, 0.3) is 0 Å². The molecule has 0 spiro atoms.